The number of aromatic nitrogens is 3. The number of carboxylic acid groups (broad SMARTS) is 2. The van der Waals surface area contributed by atoms with Crippen LogP contribution in [0.5, 0.6) is 0 Å². The van der Waals surface area contributed by atoms with Crippen molar-refractivity contribution < 1.29 is 49.8 Å². The highest BCUT2D eigenvalue weighted by Gasteiger charge is 2.18. The van der Waals surface area contributed by atoms with Crippen LogP contribution in [0.15, 0.2) is 79.0 Å². The van der Waals surface area contributed by atoms with E-state index in [4.69, 9.17) is 20.5 Å². The summed E-state index contributed by atoms with van der Waals surface area (Å²) in [5, 5.41) is 50.3. The average Bonchev–Trinajstić information content (AvgIpc) is 3.18. The van der Waals surface area contributed by atoms with E-state index in [2.05, 4.69) is 20.1 Å². The van der Waals surface area contributed by atoms with E-state index in [1.807, 2.05) is 24.3 Å². The topological polar surface area (TPSA) is 254 Å². The molecule has 5 N–H and O–H groups in total. The molecule has 0 saturated heterocycles. The van der Waals surface area contributed by atoms with E-state index in [9.17, 15) is 34.7 Å². The lowest BCUT2D eigenvalue weighted by Crippen LogP contribution is -2.45. The second-order valence-corrected chi connectivity index (χ2v) is 12.2. The molecule has 0 fully saturated rings. The van der Waals surface area contributed by atoms with Gasteiger partial charge in [0.2, 0.25) is 5.91 Å². The van der Waals surface area contributed by atoms with Gasteiger partial charge in [-0.05, 0) is 59.7 Å². The summed E-state index contributed by atoms with van der Waals surface area (Å²) in [6.07, 6.45) is 1.65. The maximum Gasteiger partial charge on any atom is 0.317 e. The van der Waals surface area contributed by atoms with E-state index >= 15 is 0 Å². The predicted octanol–water partition coefficient (Wildman–Crippen LogP) is 2.45. The number of carbonyl (C=O) groups excluding carboxylic acids is 1. The molecule has 1 amide bonds. The lowest BCUT2D eigenvalue weighted by Gasteiger charge is -2.28. The summed E-state index contributed by atoms with van der Waals surface area (Å²) in [6, 6.07) is 20.6. The average molecular weight is 763 g/mol. The number of carboxylic acids is 2. The largest absolute Gasteiger partial charge is 0.480 e. The number of pyridine rings is 3. The van der Waals surface area contributed by atoms with Gasteiger partial charge < -0.3 is 15.5 Å². The van der Waals surface area contributed by atoms with Crippen molar-refractivity contribution in [2.24, 2.45) is 0 Å². The molecule has 19 heteroatoms. The van der Waals surface area contributed by atoms with E-state index in [1.165, 1.54) is 17.0 Å². The summed E-state index contributed by atoms with van der Waals surface area (Å²) in [4.78, 5) is 73.7. The Hall–Kier alpha value is -5.80. The SMILES string of the molecule is O=C(O)CN(CCOO)CCN(CCN(CCOO)CC(=O)NCc1cccc(-c2cc(-c3ccc([N+](=O)[O-])cc3)cc(-c3ccccn3)n2)n1)CC(=O)O. The van der Waals surface area contributed by atoms with Gasteiger partial charge in [0.05, 0.1) is 72.8 Å². The molecule has 292 valence electrons. The van der Waals surface area contributed by atoms with Crippen molar-refractivity contribution in [1.29, 1.82) is 0 Å². The van der Waals surface area contributed by atoms with Crippen LogP contribution in [0.2, 0.25) is 0 Å². The number of nitrogens with one attached hydrogen (secondary N) is 1. The van der Waals surface area contributed by atoms with Crippen LogP contribution in [0.4, 0.5) is 5.69 Å². The molecular weight excluding hydrogens is 720 g/mol. The van der Waals surface area contributed by atoms with Crippen LogP contribution in [-0.4, -0.2) is 145 Å². The summed E-state index contributed by atoms with van der Waals surface area (Å²) < 4.78 is 0. The Morgan fingerprint density at radius 1 is 0.673 bits per heavy atom. The zero-order chi connectivity index (χ0) is 39.6. The molecule has 0 radical (unpaired) electrons. The van der Waals surface area contributed by atoms with E-state index in [1.54, 1.807) is 52.4 Å². The van der Waals surface area contributed by atoms with Crippen LogP contribution in [-0.2, 0) is 30.7 Å². The number of amides is 1. The molecule has 0 aliphatic heterocycles. The second-order valence-electron chi connectivity index (χ2n) is 12.2. The minimum atomic E-state index is -1.09. The minimum absolute atomic E-state index is 0.0343. The van der Waals surface area contributed by atoms with Crippen LogP contribution < -0.4 is 5.32 Å². The lowest BCUT2D eigenvalue weighted by atomic mass is 10.0. The fourth-order valence-corrected chi connectivity index (χ4v) is 5.52. The van der Waals surface area contributed by atoms with Gasteiger partial charge >= 0.3 is 11.9 Å². The van der Waals surface area contributed by atoms with E-state index in [0.29, 0.717) is 28.5 Å². The van der Waals surface area contributed by atoms with Crippen molar-refractivity contribution in [1.82, 2.24) is 35.0 Å². The van der Waals surface area contributed by atoms with Gasteiger partial charge in [0, 0.05) is 57.6 Å². The number of nitro groups is 1. The maximum absolute atomic E-state index is 13.1. The second kappa shape index (κ2) is 21.8. The van der Waals surface area contributed by atoms with Gasteiger partial charge in [-0.3, -0.25) is 54.7 Å². The molecule has 19 nitrogen and oxygen atoms in total. The van der Waals surface area contributed by atoms with Crippen molar-refractivity contribution in [2.45, 2.75) is 6.54 Å². The van der Waals surface area contributed by atoms with Gasteiger partial charge in [0.1, 0.15) is 0 Å². The number of nitro benzene ring substituents is 1. The molecule has 4 aromatic rings. The summed E-state index contributed by atoms with van der Waals surface area (Å²) in [7, 11) is 0. The molecule has 3 heterocycles. The first-order valence-corrected chi connectivity index (χ1v) is 17.1. The van der Waals surface area contributed by atoms with Crippen molar-refractivity contribution >= 4 is 23.5 Å². The zero-order valence-electron chi connectivity index (χ0n) is 29.8. The molecule has 4 rings (SSSR count). The number of benzene rings is 1. The summed E-state index contributed by atoms with van der Waals surface area (Å²) in [5.74, 6) is -2.56. The summed E-state index contributed by atoms with van der Waals surface area (Å²) >= 11 is 0. The minimum Gasteiger partial charge on any atom is -0.480 e. The number of non-ortho nitro benzene ring substituents is 1. The van der Waals surface area contributed by atoms with Crippen LogP contribution in [0.25, 0.3) is 33.9 Å². The molecule has 0 bridgehead atoms. The van der Waals surface area contributed by atoms with E-state index < -0.39 is 16.9 Å². The Labute approximate surface area is 315 Å². The Bertz CT molecular complexity index is 1870. The molecule has 3 aromatic heterocycles. The lowest BCUT2D eigenvalue weighted by molar-refractivity contribution is -0.384. The van der Waals surface area contributed by atoms with Crippen LogP contribution in [0.1, 0.15) is 5.69 Å². The van der Waals surface area contributed by atoms with Gasteiger partial charge in [-0.25, -0.2) is 19.7 Å². The maximum atomic E-state index is 13.1. The number of hydrogen-bond donors (Lipinski definition) is 5. The number of nitrogens with zero attached hydrogens (tertiary/aromatic N) is 7. The van der Waals surface area contributed by atoms with Gasteiger partial charge in [-0.2, -0.15) is 0 Å². The standard InChI is InChI=1S/C36H42N8O11/c45-34(23-42(16-18-54-52)14-12-41(24-35(46)47)13-15-43(17-19-55-53)25-36(48)49)38-22-28-4-3-6-31(39-28)33-21-27(26-7-9-29(10-8-26)44(50)51)20-32(40-33)30-5-1-2-11-37-30/h1-11,20-21,52-53H,12-19,22-25H2,(H,38,45)(H,46,47)(H,48,49). The number of hydrogen-bond acceptors (Lipinski definition) is 15. The highest BCUT2D eigenvalue weighted by Crippen LogP contribution is 2.30. The van der Waals surface area contributed by atoms with Gasteiger partial charge in [-0.15, -0.1) is 0 Å². The molecule has 0 aliphatic carbocycles. The first-order valence-electron chi connectivity index (χ1n) is 17.1. The van der Waals surface area contributed by atoms with Crippen molar-refractivity contribution in [3.8, 4) is 33.9 Å². The summed E-state index contributed by atoms with van der Waals surface area (Å²) in [5.41, 5.74) is 4.17. The normalized spacial score (nSPS) is 11.3. The van der Waals surface area contributed by atoms with Crippen molar-refractivity contribution in [2.75, 3.05) is 72.1 Å². The zero-order valence-corrected chi connectivity index (χ0v) is 29.8. The highest BCUT2D eigenvalue weighted by molar-refractivity contribution is 5.78. The molecule has 0 spiro atoms. The van der Waals surface area contributed by atoms with Crippen LogP contribution in [0.3, 0.4) is 0 Å². The third-order valence-corrected chi connectivity index (χ3v) is 8.25. The van der Waals surface area contributed by atoms with E-state index in [-0.39, 0.29) is 90.3 Å². The molecule has 0 aliphatic rings. The van der Waals surface area contributed by atoms with Crippen LogP contribution in [0, 0.1) is 10.1 Å². The van der Waals surface area contributed by atoms with Crippen molar-refractivity contribution in [3.05, 3.63) is 94.8 Å². The van der Waals surface area contributed by atoms with Gasteiger partial charge in [-0.1, -0.05) is 12.1 Å². The Kier molecular flexibility index (Phi) is 16.6. The monoisotopic (exact) mass is 762 g/mol. The predicted molar refractivity (Wildman–Crippen MR) is 196 cm³/mol. The molecule has 1 aromatic carbocycles. The Balaban J connectivity index is 1.44. The fraction of sp³-hybridized carbons (Fsp3) is 0.333. The molecular formula is C36H42N8O11. The highest BCUT2D eigenvalue weighted by atomic mass is 17.1. The quantitative estimate of drug-likeness (QED) is 0.0390. The summed E-state index contributed by atoms with van der Waals surface area (Å²) in [6.45, 7) is 0.0478. The first-order chi connectivity index (χ1) is 26.5. The number of aliphatic carboxylic acids is 2. The molecule has 0 atom stereocenters. The smallest absolute Gasteiger partial charge is 0.317 e. The molecule has 0 unspecified atom stereocenters. The van der Waals surface area contributed by atoms with Gasteiger partial charge in [0.15, 0.2) is 0 Å². The van der Waals surface area contributed by atoms with E-state index in [0.717, 1.165) is 11.1 Å². The molecule has 0 saturated carbocycles. The number of carbonyl (C=O) groups is 3. The Morgan fingerprint density at radius 2 is 1.24 bits per heavy atom. The molecule has 55 heavy (non-hydrogen) atoms. The first kappa shape index (κ1) is 41.9. The fourth-order valence-electron chi connectivity index (χ4n) is 5.52. The van der Waals surface area contributed by atoms with Crippen molar-refractivity contribution in [3.63, 3.8) is 0 Å². The van der Waals surface area contributed by atoms with Gasteiger partial charge in [0.25, 0.3) is 5.69 Å². The number of rotatable bonds is 24. The third kappa shape index (κ3) is 14.2. The van der Waals surface area contributed by atoms with Crippen LogP contribution >= 0.6 is 0 Å². The third-order valence-electron chi connectivity index (χ3n) is 8.25. The Morgan fingerprint density at radius 3 is 1.78 bits per heavy atom.